The van der Waals surface area contributed by atoms with Crippen LogP contribution >= 0.6 is 22.7 Å². The maximum atomic E-state index is 12.8. The van der Waals surface area contributed by atoms with E-state index < -0.39 is 0 Å². The average Bonchev–Trinajstić information content (AvgIpc) is 3.23. The molecule has 2 aromatic rings. The van der Waals surface area contributed by atoms with Crippen molar-refractivity contribution in [1.29, 1.82) is 0 Å². The molecule has 3 atom stereocenters. The van der Waals surface area contributed by atoms with Crippen molar-refractivity contribution < 1.29 is 4.79 Å². The Hall–Kier alpha value is -1.24. The number of fused-ring (bicyclic) bond motifs is 1. The first-order valence-electron chi connectivity index (χ1n) is 7.69. The molecule has 1 aliphatic heterocycles. The Labute approximate surface area is 138 Å². The summed E-state index contributed by atoms with van der Waals surface area (Å²) >= 11 is 3.18. The summed E-state index contributed by atoms with van der Waals surface area (Å²) in [6, 6.07) is 4.34. The molecule has 2 aliphatic rings. The van der Waals surface area contributed by atoms with Gasteiger partial charge in [0, 0.05) is 19.1 Å². The van der Waals surface area contributed by atoms with E-state index in [-0.39, 0.29) is 11.9 Å². The lowest BCUT2D eigenvalue weighted by Crippen LogP contribution is -2.33. The van der Waals surface area contributed by atoms with Crippen LogP contribution in [0.1, 0.15) is 28.2 Å². The second-order valence-electron chi connectivity index (χ2n) is 6.29. The van der Waals surface area contributed by atoms with Crippen molar-refractivity contribution in [2.45, 2.75) is 25.8 Å². The minimum absolute atomic E-state index is 0.138. The number of thiazole rings is 1. The molecule has 1 saturated heterocycles. The molecule has 0 aromatic carbocycles. The van der Waals surface area contributed by atoms with Gasteiger partial charge in [0.05, 0.1) is 10.6 Å². The van der Waals surface area contributed by atoms with Crippen molar-refractivity contribution in [2.24, 2.45) is 17.6 Å². The number of thiophene rings is 1. The topological polar surface area (TPSA) is 59.2 Å². The van der Waals surface area contributed by atoms with Crippen molar-refractivity contribution >= 4 is 28.6 Å². The van der Waals surface area contributed by atoms with Crippen LogP contribution in [-0.4, -0.2) is 34.9 Å². The molecule has 116 valence electrons. The van der Waals surface area contributed by atoms with E-state index in [1.165, 1.54) is 11.3 Å². The fourth-order valence-corrected chi connectivity index (χ4v) is 5.55. The predicted molar refractivity (Wildman–Crippen MR) is 90.3 cm³/mol. The third kappa shape index (κ3) is 2.30. The molecule has 6 heteroatoms. The van der Waals surface area contributed by atoms with Crippen LogP contribution < -0.4 is 5.73 Å². The van der Waals surface area contributed by atoms with Gasteiger partial charge in [-0.25, -0.2) is 4.98 Å². The van der Waals surface area contributed by atoms with E-state index in [2.05, 4.69) is 11.1 Å². The Balaban J connectivity index is 1.56. The van der Waals surface area contributed by atoms with E-state index in [1.54, 1.807) is 11.3 Å². The van der Waals surface area contributed by atoms with Crippen LogP contribution in [-0.2, 0) is 0 Å². The van der Waals surface area contributed by atoms with E-state index in [9.17, 15) is 4.79 Å². The lowest BCUT2D eigenvalue weighted by atomic mass is 9.98. The highest BCUT2D eigenvalue weighted by molar-refractivity contribution is 7.22. The van der Waals surface area contributed by atoms with Crippen molar-refractivity contribution in [2.75, 3.05) is 13.1 Å². The van der Waals surface area contributed by atoms with Crippen molar-refractivity contribution in [3.63, 3.8) is 0 Å². The van der Waals surface area contributed by atoms with Gasteiger partial charge in [-0.05, 0) is 43.0 Å². The van der Waals surface area contributed by atoms with E-state index in [0.29, 0.717) is 11.8 Å². The molecule has 4 rings (SSSR count). The maximum Gasteiger partial charge on any atom is 0.265 e. The van der Waals surface area contributed by atoms with Gasteiger partial charge in [0.1, 0.15) is 9.88 Å². The van der Waals surface area contributed by atoms with Crippen molar-refractivity contribution in [1.82, 2.24) is 9.88 Å². The summed E-state index contributed by atoms with van der Waals surface area (Å²) in [5.74, 6) is 1.23. The Morgan fingerprint density at radius 2 is 2.27 bits per heavy atom. The van der Waals surface area contributed by atoms with Gasteiger partial charge in [-0.15, -0.1) is 22.7 Å². The fraction of sp³-hybridized carbons (Fsp3) is 0.500. The van der Waals surface area contributed by atoms with Crippen LogP contribution in [0.3, 0.4) is 0 Å². The zero-order chi connectivity index (χ0) is 15.3. The standard InChI is InChI=1S/C16H19N3OS2/c1-9-14(22-15(18-9)13-3-2-6-21-13)16(20)19-7-10-4-5-12(17)11(10)8-19/h2-3,6,10-12H,4-5,7-8,17H2,1H3. The molecule has 0 spiro atoms. The van der Waals surface area contributed by atoms with Gasteiger partial charge in [0.2, 0.25) is 0 Å². The number of carbonyl (C=O) groups excluding carboxylic acids is 1. The van der Waals surface area contributed by atoms with Crippen LogP contribution in [0.5, 0.6) is 0 Å². The summed E-state index contributed by atoms with van der Waals surface area (Å²) in [5, 5.41) is 2.99. The smallest absolute Gasteiger partial charge is 0.265 e. The molecule has 2 aromatic heterocycles. The van der Waals surface area contributed by atoms with E-state index >= 15 is 0 Å². The molecule has 22 heavy (non-hydrogen) atoms. The molecule has 3 unspecified atom stereocenters. The molecule has 1 amide bonds. The number of likely N-dealkylation sites (tertiary alicyclic amines) is 1. The lowest BCUT2D eigenvalue weighted by molar-refractivity contribution is 0.0783. The third-order valence-corrected chi connectivity index (χ3v) is 7.11. The molecule has 1 saturated carbocycles. The molecule has 1 aliphatic carbocycles. The first-order chi connectivity index (χ1) is 10.6. The quantitative estimate of drug-likeness (QED) is 0.919. The third-order valence-electron chi connectivity index (χ3n) is 4.92. The van der Waals surface area contributed by atoms with Crippen molar-refractivity contribution in [3.05, 3.63) is 28.1 Å². The zero-order valence-electron chi connectivity index (χ0n) is 12.5. The molecule has 2 N–H and O–H groups in total. The summed E-state index contributed by atoms with van der Waals surface area (Å²) in [7, 11) is 0. The molecule has 0 radical (unpaired) electrons. The molecular weight excluding hydrogens is 314 g/mol. The van der Waals surface area contributed by atoms with Crippen LogP contribution in [0.15, 0.2) is 17.5 Å². The molecular formula is C16H19N3OS2. The van der Waals surface area contributed by atoms with E-state index in [4.69, 9.17) is 5.73 Å². The minimum Gasteiger partial charge on any atom is -0.337 e. The number of amides is 1. The van der Waals surface area contributed by atoms with Crippen molar-refractivity contribution in [3.8, 4) is 9.88 Å². The number of hydrogen-bond acceptors (Lipinski definition) is 5. The van der Waals surface area contributed by atoms with Gasteiger partial charge >= 0.3 is 0 Å². The monoisotopic (exact) mass is 333 g/mol. The number of carbonyl (C=O) groups is 1. The first kappa shape index (κ1) is 14.4. The van der Waals surface area contributed by atoms with Gasteiger partial charge in [0.25, 0.3) is 5.91 Å². The number of rotatable bonds is 2. The number of nitrogens with two attached hydrogens (primary N) is 1. The second kappa shape index (κ2) is 5.44. The first-order valence-corrected chi connectivity index (χ1v) is 9.39. The number of aryl methyl sites for hydroxylation is 1. The zero-order valence-corrected chi connectivity index (χ0v) is 14.1. The minimum atomic E-state index is 0.138. The molecule has 2 fully saturated rings. The SMILES string of the molecule is Cc1nc(-c2cccs2)sc1C(=O)N1CC2CCC(N)C2C1. The number of aromatic nitrogens is 1. The van der Waals surface area contributed by atoms with Gasteiger partial charge in [0.15, 0.2) is 0 Å². The van der Waals surface area contributed by atoms with Gasteiger partial charge in [-0.3, -0.25) is 4.79 Å². The molecule has 4 nitrogen and oxygen atoms in total. The van der Waals surface area contributed by atoms with Crippen LogP contribution in [0.2, 0.25) is 0 Å². The van der Waals surface area contributed by atoms with Crippen LogP contribution in [0.4, 0.5) is 0 Å². The van der Waals surface area contributed by atoms with E-state index in [1.807, 2.05) is 23.3 Å². The van der Waals surface area contributed by atoms with E-state index in [0.717, 1.165) is 46.4 Å². The van der Waals surface area contributed by atoms with Gasteiger partial charge in [-0.1, -0.05) is 6.07 Å². The normalized spacial score (nSPS) is 27.4. The Bertz CT molecular complexity index is 694. The van der Waals surface area contributed by atoms with Crippen LogP contribution in [0, 0.1) is 18.8 Å². The highest BCUT2D eigenvalue weighted by Crippen LogP contribution is 2.39. The molecule has 3 heterocycles. The number of nitrogens with zero attached hydrogens (tertiary/aromatic N) is 2. The predicted octanol–water partition coefficient (Wildman–Crippen LogP) is 2.99. The summed E-state index contributed by atoms with van der Waals surface area (Å²) in [4.78, 5) is 21.4. The largest absolute Gasteiger partial charge is 0.337 e. The number of hydrogen-bond donors (Lipinski definition) is 1. The van der Waals surface area contributed by atoms with Gasteiger partial charge < -0.3 is 10.6 Å². The second-order valence-corrected chi connectivity index (χ2v) is 8.23. The van der Waals surface area contributed by atoms with Crippen LogP contribution in [0.25, 0.3) is 9.88 Å². The highest BCUT2D eigenvalue weighted by Gasteiger charge is 2.43. The average molecular weight is 333 g/mol. The Morgan fingerprint density at radius 1 is 1.41 bits per heavy atom. The molecule has 0 bridgehead atoms. The summed E-state index contributed by atoms with van der Waals surface area (Å²) < 4.78 is 0. The summed E-state index contributed by atoms with van der Waals surface area (Å²) in [6.07, 6.45) is 2.28. The maximum absolute atomic E-state index is 12.8. The Morgan fingerprint density at radius 3 is 3.00 bits per heavy atom. The summed E-state index contributed by atoms with van der Waals surface area (Å²) in [5.41, 5.74) is 7.02. The summed E-state index contributed by atoms with van der Waals surface area (Å²) in [6.45, 7) is 3.61. The fourth-order valence-electron chi connectivity index (χ4n) is 3.72. The van der Waals surface area contributed by atoms with Gasteiger partial charge in [-0.2, -0.15) is 0 Å². The lowest BCUT2D eigenvalue weighted by Gasteiger charge is -2.18. The Kier molecular flexibility index (Phi) is 3.55. The highest BCUT2D eigenvalue weighted by atomic mass is 32.1.